The molecule has 0 aromatic heterocycles. The third kappa shape index (κ3) is 3.77. The highest BCUT2D eigenvalue weighted by molar-refractivity contribution is 5.85. The largest absolute Gasteiger partial charge is 0.354 e. The van der Waals surface area contributed by atoms with Crippen LogP contribution in [0.1, 0.15) is 40.5 Å². The molecule has 78 valence electrons. The van der Waals surface area contributed by atoms with Crippen molar-refractivity contribution in [2.24, 2.45) is 11.7 Å². The molecule has 3 heteroatoms. The summed E-state index contributed by atoms with van der Waals surface area (Å²) in [5.41, 5.74) is 5.24. The Bertz CT molecular complexity index is 162. The van der Waals surface area contributed by atoms with Crippen LogP contribution < -0.4 is 11.1 Å². The van der Waals surface area contributed by atoms with Gasteiger partial charge in [0.05, 0.1) is 5.54 Å². The molecule has 3 N–H and O–H groups in total. The number of hydrogen-bond acceptors (Lipinski definition) is 2. The lowest BCUT2D eigenvalue weighted by Gasteiger charge is -2.25. The first-order valence-electron chi connectivity index (χ1n) is 5.03. The molecule has 0 saturated heterocycles. The molecule has 0 aliphatic rings. The van der Waals surface area contributed by atoms with Gasteiger partial charge in [-0.05, 0) is 18.8 Å². The fourth-order valence-electron chi connectivity index (χ4n) is 1.04. The van der Waals surface area contributed by atoms with Crippen molar-refractivity contribution in [1.82, 2.24) is 5.32 Å². The zero-order valence-electron chi connectivity index (χ0n) is 9.18. The lowest BCUT2D eigenvalue weighted by Crippen LogP contribution is -2.53. The van der Waals surface area contributed by atoms with E-state index >= 15 is 0 Å². The fraction of sp³-hybridized carbons (Fsp3) is 0.900. The summed E-state index contributed by atoms with van der Waals surface area (Å²) in [6.07, 6.45) is 1.38. The van der Waals surface area contributed by atoms with E-state index in [4.69, 9.17) is 5.73 Å². The third-order valence-corrected chi connectivity index (χ3v) is 2.38. The van der Waals surface area contributed by atoms with Gasteiger partial charge in [-0.2, -0.15) is 0 Å². The smallest absolute Gasteiger partial charge is 0.240 e. The Morgan fingerprint density at radius 1 is 1.38 bits per heavy atom. The van der Waals surface area contributed by atoms with Crippen LogP contribution in [0.5, 0.6) is 0 Å². The van der Waals surface area contributed by atoms with E-state index in [9.17, 15) is 4.79 Å². The van der Waals surface area contributed by atoms with Crippen LogP contribution in [-0.2, 0) is 4.79 Å². The van der Waals surface area contributed by atoms with Crippen molar-refractivity contribution in [3.8, 4) is 0 Å². The van der Waals surface area contributed by atoms with Gasteiger partial charge in [-0.3, -0.25) is 4.79 Å². The second-order valence-corrected chi connectivity index (χ2v) is 3.97. The zero-order valence-corrected chi connectivity index (χ0v) is 9.18. The Hall–Kier alpha value is -0.570. The molecule has 1 amide bonds. The number of amides is 1. The number of hydrogen-bond donors (Lipinski definition) is 2. The minimum atomic E-state index is -0.672. The highest BCUT2D eigenvalue weighted by atomic mass is 16.2. The summed E-state index contributed by atoms with van der Waals surface area (Å²) < 4.78 is 0. The SMILES string of the molecule is CCC(N)(CC)C(=O)NCC(C)C. The van der Waals surface area contributed by atoms with Crippen LogP contribution in [-0.4, -0.2) is 18.0 Å². The normalized spacial score (nSPS) is 11.8. The molecule has 0 aromatic rings. The highest BCUT2D eigenvalue weighted by Gasteiger charge is 2.29. The maximum absolute atomic E-state index is 11.6. The summed E-state index contributed by atoms with van der Waals surface area (Å²) in [7, 11) is 0. The second-order valence-electron chi connectivity index (χ2n) is 3.97. The molecule has 0 atom stereocenters. The van der Waals surface area contributed by atoms with Gasteiger partial charge in [0.1, 0.15) is 0 Å². The Labute approximate surface area is 81.1 Å². The molecular weight excluding hydrogens is 164 g/mol. The van der Waals surface area contributed by atoms with Crippen molar-refractivity contribution in [3.63, 3.8) is 0 Å². The fourth-order valence-corrected chi connectivity index (χ4v) is 1.04. The first kappa shape index (κ1) is 12.4. The first-order chi connectivity index (χ1) is 5.96. The summed E-state index contributed by atoms with van der Waals surface area (Å²) in [5, 5.41) is 2.86. The Kier molecular flexibility index (Phi) is 4.99. The number of nitrogens with one attached hydrogen (secondary N) is 1. The van der Waals surface area contributed by atoms with Gasteiger partial charge >= 0.3 is 0 Å². The average Bonchev–Trinajstić information content (AvgIpc) is 2.12. The molecular formula is C10H22N2O. The van der Waals surface area contributed by atoms with E-state index in [1.165, 1.54) is 0 Å². The van der Waals surface area contributed by atoms with Crippen LogP contribution in [0.15, 0.2) is 0 Å². The number of rotatable bonds is 5. The first-order valence-corrected chi connectivity index (χ1v) is 5.03. The third-order valence-electron chi connectivity index (χ3n) is 2.38. The van der Waals surface area contributed by atoms with Crippen LogP contribution in [0.25, 0.3) is 0 Å². The van der Waals surface area contributed by atoms with Crippen LogP contribution >= 0.6 is 0 Å². The van der Waals surface area contributed by atoms with Gasteiger partial charge in [0.2, 0.25) is 5.91 Å². The van der Waals surface area contributed by atoms with E-state index in [2.05, 4.69) is 19.2 Å². The number of carbonyl (C=O) groups is 1. The highest BCUT2D eigenvalue weighted by Crippen LogP contribution is 2.10. The van der Waals surface area contributed by atoms with E-state index in [0.29, 0.717) is 25.3 Å². The van der Waals surface area contributed by atoms with Gasteiger partial charge in [0.25, 0.3) is 0 Å². The molecule has 0 rings (SSSR count). The molecule has 0 aromatic carbocycles. The van der Waals surface area contributed by atoms with Gasteiger partial charge in [0.15, 0.2) is 0 Å². The lowest BCUT2D eigenvalue weighted by molar-refractivity contribution is -0.126. The summed E-state index contributed by atoms with van der Waals surface area (Å²) in [5.74, 6) is 0.452. The van der Waals surface area contributed by atoms with E-state index in [1.54, 1.807) is 0 Å². The summed E-state index contributed by atoms with van der Waals surface area (Å²) in [6, 6.07) is 0. The van der Waals surface area contributed by atoms with E-state index in [0.717, 1.165) is 0 Å². The van der Waals surface area contributed by atoms with Crippen LogP contribution in [0, 0.1) is 5.92 Å². The number of nitrogens with two attached hydrogens (primary N) is 1. The van der Waals surface area contributed by atoms with E-state index in [1.807, 2.05) is 13.8 Å². The minimum absolute atomic E-state index is 0.0220. The summed E-state index contributed by atoms with van der Waals surface area (Å²) >= 11 is 0. The maximum Gasteiger partial charge on any atom is 0.240 e. The predicted molar refractivity (Wildman–Crippen MR) is 55.3 cm³/mol. The van der Waals surface area contributed by atoms with Crippen molar-refractivity contribution in [2.45, 2.75) is 46.1 Å². The predicted octanol–water partition coefficient (Wildman–Crippen LogP) is 1.28. The standard InChI is InChI=1S/C10H22N2O/c1-5-10(11,6-2)9(13)12-7-8(3)4/h8H,5-7,11H2,1-4H3,(H,12,13). The monoisotopic (exact) mass is 186 g/mol. The molecule has 0 bridgehead atoms. The van der Waals surface area contributed by atoms with E-state index < -0.39 is 5.54 Å². The topological polar surface area (TPSA) is 55.1 Å². The molecule has 0 aliphatic carbocycles. The molecule has 13 heavy (non-hydrogen) atoms. The Balaban J connectivity index is 4.07. The molecule has 0 unspecified atom stereocenters. The van der Waals surface area contributed by atoms with E-state index in [-0.39, 0.29) is 5.91 Å². The Morgan fingerprint density at radius 2 is 1.85 bits per heavy atom. The van der Waals surface area contributed by atoms with Gasteiger partial charge in [-0.1, -0.05) is 27.7 Å². The average molecular weight is 186 g/mol. The molecule has 0 heterocycles. The van der Waals surface area contributed by atoms with Crippen LogP contribution in [0.4, 0.5) is 0 Å². The van der Waals surface area contributed by atoms with Crippen molar-refractivity contribution in [1.29, 1.82) is 0 Å². The molecule has 0 aliphatic heterocycles. The van der Waals surface area contributed by atoms with Crippen LogP contribution in [0.3, 0.4) is 0 Å². The summed E-state index contributed by atoms with van der Waals surface area (Å²) in [4.78, 5) is 11.6. The van der Waals surface area contributed by atoms with Crippen molar-refractivity contribution >= 4 is 5.91 Å². The van der Waals surface area contributed by atoms with Crippen molar-refractivity contribution in [2.75, 3.05) is 6.54 Å². The molecule has 0 radical (unpaired) electrons. The van der Waals surface area contributed by atoms with Crippen molar-refractivity contribution in [3.05, 3.63) is 0 Å². The molecule has 0 saturated carbocycles. The van der Waals surface area contributed by atoms with Gasteiger partial charge < -0.3 is 11.1 Å². The summed E-state index contributed by atoms with van der Waals surface area (Å²) in [6.45, 7) is 8.72. The van der Waals surface area contributed by atoms with Gasteiger partial charge in [0, 0.05) is 6.54 Å². The maximum atomic E-state index is 11.6. The quantitative estimate of drug-likeness (QED) is 0.679. The lowest BCUT2D eigenvalue weighted by atomic mass is 9.93. The molecule has 3 nitrogen and oxygen atoms in total. The molecule has 0 spiro atoms. The number of carbonyl (C=O) groups excluding carboxylic acids is 1. The Morgan fingerprint density at radius 3 is 2.15 bits per heavy atom. The zero-order chi connectivity index (χ0) is 10.5. The van der Waals surface area contributed by atoms with Crippen molar-refractivity contribution < 1.29 is 4.79 Å². The molecule has 0 fully saturated rings. The van der Waals surface area contributed by atoms with Crippen LogP contribution in [0.2, 0.25) is 0 Å². The van der Waals surface area contributed by atoms with Gasteiger partial charge in [-0.25, -0.2) is 0 Å². The minimum Gasteiger partial charge on any atom is -0.354 e. The second kappa shape index (κ2) is 5.22. The van der Waals surface area contributed by atoms with Gasteiger partial charge in [-0.15, -0.1) is 0 Å².